The standard InChI is InChI=1S/C15H21N3O/c1-15(10-16,17-12-7-8-12)11-19-14-6-4-5-13(9-14)18(2)3/h4-6,9,12,17H,7-8,11H2,1-3H3. The minimum Gasteiger partial charge on any atom is -0.490 e. The van der Waals surface area contributed by atoms with Crippen LogP contribution in [0.5, 0.6) is 5.75 Å². The maximum Gasteiger partial charge on any atom is 0.138 e. The van der Waals surface area contributed by atoms with Crippen molar-refractivity contribution in [1.82, 2.24) is 5.32 Å². The number of benzene rings is 1. The molecule has 102 valence electrons. The van der Waals surface area contributed by atoms with Crippen LogP contribution < -0.4 is 15.0 Å². The molecule has 19 heavy (non-hydrogen) atoms. The van der Waals surface area contributed by atoms with E-state index in [2.05, 4.69) is 11.4 Å². The summed E-state index contributed by atoms with van der Waals surface area (Å²) < 4.78 is 5.77. The molecule has 0 saturated heterocycles. The molecular formula is C15H21N3O. The largest absolute Gasteiger partial charge is 0.490 e. The van der Waals surface area contributed by atoms with Crippen molar-refractivity contribution in [3.63, 3.8) is 0 Å². The number of nitrogens with zero attached hydrogens (tertiary/aromatic N) is 2. The monoisotopic (exact) mass is 259 g/mol. The zero-order chi connectivity index (χ0) is 13.9. The summed E-state index contributed by atoms with van der Waals surface area (Å²) in [5.41, 5.74) is 0.473. The van der Waals surface area contributed by atoms with Crippen LogP contribution in [0.25, 0.3) is 0 Å². The highest BCUT2D eigenvalue weighted by molar-refractivity contribution is 5.49. The fraction of sp³-hybridized carbons (Fsp3) is 0.533. The van der Waals surface area contributed by atoms with Crippen molar-refractivity contribution in [2.75, 3.05) is 25.6 Å². The Bertz CT molecular complexity index is 477. The summed E-state index contributed by atoms with van der Waals surface area (Å²) in [6.45, 7) is 2.25. The molecule has 1 atom stereocenters. The van der Waals surface area contributed by atoms with E-state index in [4.69, 9.17) is 4.74 Å². The Kier molecular flexibility index (Phi) is 3.96. The van der Waals surface area contributed by atoms with Gasteiger partial charge in [-0.3, -0.25) is 5.32 Å². The second-order valence-electron chi connectivity index (χ2n) is 5.54. The molecule has 1 N–H and O–H groups in total. The van der Waals surface area contributed by atoms with E-state index >= 15 is 0 Å². The first-order chi connectivity index (χ1) is 9.02. The van der Waals surface area contributed by atoms with Crippen LogP contribution in [0.3, 0.4) is 0 Å². The topological polar surface area (TPSA) is 48.3 Å². The molecule has 4 nitrogen and oxygen atoms in total. The number of hydrogen-bond donors (Lipinski definition) is 1. The molecule has 0 radical (unpaired) electrons. The highest BCUT2D eigenvalue weighted by Crippen LogP contribution is 2.24. The second-order valence-corrected chi connectivity index (χ2v) is 5.54. The number of rotatable bonds is 6. The van der Waals surface area contributed by atoms with Crippen molar-refractivity contribution in [3.05, 3.63) is 24.3 Å². The molecule has 1 aromatic carbocycles. The maximum absolute atomic E-state index is 9.28. The van der Waals surface area contributed by atoms with Crippen LogP contribution in [0.4, 0.5) is 5.69 Å². The van der Waals surface area contributed by atoms with E-state index in [0.29, 0.717) is 12.6 Å². The second kappa shape index (κ2) is 5.50. The molecule has 0 bridgehead atoms. The van der Waals surface area contributed by atoms with E-state index in [1.807, 2.05) is 50.2 Å². The van der Waals surface area contributed by atoms with Crippen molar-refractivity contribution in [3.8, 4) is 11.8 Å². The summed E-state index contributed by atoms with van der Waals surface area (Å²) in [6.07, 6.45) is 2.32. The van der Waals surface area contributed by atoms with Crippen molar-refractivity contribution < 1.29 is 4.74 Å². The zero-order valence-electron chi connectivity index (χ0n) is 11.8. The summed E-state index contributed by atoms with van der Waals surface area (Å²) in [5.74, 6) is 0.797. The van der Waals surface area contributed by atoms with Gasteiger partial charge in [0.1, 0.15) is 17.9 Å². The van der Waals surface area contributed by atoms with Gasteiger partial charge in [-0.1, -0.05) is 6.07 Å². The zero-order valence-corrected chi connectivity index (χ0v) is 11.8. The minimum atomic E-state index is -0.616. The lowest BCUT2D eigenvalue weighted by Crippen LogP contribution is -2.47. The van der Waals surface area contributed by atoms with E-state index in [1.54, 1.807) is 0 Å². The maximum atomic E-state index is 9.28. The summed E-state index contributed by atoms with van der Waals surface area (Å²) in [4.78, 5) is 2.03. The van der Waals surface area contributed by atoms with Crippen LogP contribution in [-0.2, 0) is 0 Å². The lowest BCUT2D eigenvalue weighted by molar-refractivity contribution is 0.232. The van der Waals surface area contributed by atoms with E-state index < -0.39 is 5.54 Å². The lowest BCUT2D eigenvalue weighted by atomic mass is 10.1. The first-order valence-electron chi connectivity index (χ1n) is 6.61. The number of ether oxygens (including phenoxy) is 1. The number of nitriles is 1. The number of anilines is 1. The first kappa shape index (κ1) is 13.7. The minimum absolute atomic E-state index is 0.358. The van der Waals surface area contributed by atoms with Crippen LogP contribution in [0.15, 0.2) is 24.3 Å². The van der Waals surface area contributed by atoms with Crippen molar-refractivity contribution >= 4 is 5.69 Å². The van der Waals surface area contributed by atoms with Gasteiger partial charge in [-0.05, 0) is 31.9 Å². The van der Waals surface area contributed by atoms with Gasteiger partial charge in [0, 0.05) is 31.9 Å². The third-order valence-corrected chi connectivity index (χ3v) is 3.21. The normalized spacial score (nSPS) is 17.4. The molecule has 4 heteroatoms. The van der Waals surface area contributed by atoms with Gasteiger partial charge >= 0.3 is 0 Å². The summed E-state index contributed by atoms with van der Waals surface area (Å²) >= 11 is 0. The molecule has 0 heterocycles. The fourth-order valence-corrected chi connectivity index (χ4v) is 1.86. The molecule has 0 aliphatic heterocycles. The van der Waals surface area contributed by atoms with E-state index in [9.17, 15) is 5.26 Å². The summed E-state index contributed by atoms with van der Waals surface area (Å²) in [5, 5.41) is 12.6. The molecule has 1 fully saturated rings. The van der Waals surface area contributed by atoms with Gasteiger partial charge in [-0.15, -0.1) is 0 Å². The Morgan fingerprint density at radius 1 is 1.47 bits per heavy atom. The highest BCUT2D eigenvalue weighted by Gasteiger charge is 2.33. The first-order valence-corrected chi connectivity index (χ1v) is 6.61. The number of nitrogens with one attached hydrogen (secondary N) is 1. The van der Waals surface area contributed by atoms with Gasteiger partial charge in [-0.25, -0.2) is 0 Å². The van der Waals surface area contributed by atoms with Crippen molar-refractivity contribution in [1.29, 1.82) is 5.26 Å². The predicted molar refractivity (Wildman–Crippen MR) is 76.4 cm³/mol. The van der Waals surface area contributed by atoms with Gasteiger partial charge in [-0.2, -0.15) is 5.26 Å². The van der Waals surface area contributed by atoms with Gasteiger partial charge in [0.05, 0.1) is 6.07 Å². The van der Waals surface area contributed by atoms with Gasteiger partial charge < -0.3 is 9.64 Å². The molecule has 2 rings (SSSR count). The van der Waals surface area contributed by atoms with Crippen LogP contribution in [0.1, 0.15) is 19.8 Å². The lowest BCUT2D eigenvalue weighted by Gasteiger charge is -2.23. The van der Waals surface area contributed by atoms with Gasteiger partial charge in [0.25, 0.3) is 0 Å². The summed E-state index contributed by atoms with van der Waals surface area (Å²) in [7, 11) is 3.99. The van der Waals surface area contributed by atoms with E-state index in [-0.39, 0.29) is 0 Å². The molecular weight excluding hydrogens is 238 g/mol. The molecule has 0 aromatic heterocycles. The third-order valence-electron chi connectivity index (χ3n) is 3.21. The molecule has 1 aliphatic rings. The Morgan fingerprint density at radius 2 is 2.21 bits per heavy atom. The van der Waals surface area contributed by atoms with Crippen LogP contribution >= 0.6 is 0 Å². The quantitative estimate of drug-likeness (QED) is 0.850. The van der Waals surface area contributed by atoms with Crippen molar-refractivity contribution in [2.24, 2.45) is 0 Å². The molecule has 0 amide bonds. The van der Waals surface area contributed by atoms with Crippen LogP contribution in [0.2, 0.25) is 0 Å². The third kappa shape index (κ3) is 3.87. The molecule has 0 spiro atoms. The highest BCUT2D eigenvalue weighted by atomic mass is 16.5. The Morgan fingerprint density at radius 3 is 2.79 bits per heavy atom. The molecule has 1 unspecified atom stereocenters. The average Bonchev–Trinajstić information content (AvgIpc) is 3.20. The number of hydrogen-bond acceptors (Lipinski definition) is 4. The van der Waals surface area contributed by atoms with E-state index in [1.165, 1.54) is 0 Å². The van der Waals surface area contributed by atoms with Crippen LogP contribution in [-0.4, -0.2) is 32.3 Å². The van der Waals surface area contributed by atoms with Crippen LogP contribution in [0, 0.1) is 11.3 Å². The average molecular weight is 259 g/mol. The SMILES string of the molecule is CN(C)c1cccc(OCC(C)(C#N)NC2CC2)c1. The predicted octanol–water partition coefficient (Wildman–Crippen LogP) is 2.17. The molecule has 1 saturated carbocycles. The Hall–Kier alpha value is -1.73. The Balaban J connectivity index is 1.96. The summed E-state index contributed by atoms with van der Waals surface area (Å²) in [6, 6.07) is 10.7. The smallest absolute Gasteiger partial charge is 0.138 e. The molecule has 1 aromatic rings. The molecule has 1 aliphatic carbocycles. The van der Waals surface area contributed by atoms with E-state index in [0.717, 1.165) is 24.3 Å². The van der Waals surface area contributed by atoms with Gasteiger partial charge in [0.2, 0.25) is 0 Å². The fourth-order valence-electron chi connectivity index (χ4n) is 1.86. The van der Waals surface area contributed by atoms with Gasteiger partial charge in [0.15, 0.2) is 0 Å². The van der Waals surface area contributed by atoms with Crippen molar-refractivity contribution in [2.45, 2.75) is 31.3 Å². The Labute approximate surface area is 115 Å².